The zero-order chi connectivity index (χ0) is 18.2. The minimum absolute atomic E-state index is 0.121. The SMILES string of the molecule is CCCCOc1ccc(C(=O)Nc2ccc(N3CCOCC3)cc2)cc1. The van der Waals surface area contributed by atoms with Crippen LogP contribution in [0.25, 0.3) is 0 Å². The van der Waals surface area contributed by atoms with Gasteiger partial charge in [-0.15, -0.1) is 0 Å². The van der Waals surface area contributed by atoms with E-state index in [2.05, 4.69) is 17.1 Å². The summed E-state index contributed by atoms with van der Waals surface area (Å²) in [6.07, 6.45) is 2.13. The van der Waals surface area contributed by atoms with Crippen molar-refractivity contribution in [1.29, 1.82) is 0 Å². The zero-order valence-corrected chi connectivity index (χ0v) is 15.2. The van der Waals surface area contributed by atoms with Crippen LogP contribution in [0.1, 0.15) is 30.1 Å². The molecule has 0 radical (unpaired) electrons. The Morgan fingerprint density at radius 1 is 1.08 bits per heavy atom. The molecule has 0 spiro atoms. The van der Waals surface area contributed by atoms with Gasteiger partial charge < -0.3 is 19.7 Å². The quantitative estimate of drug-likeness (QED) is 0.765. The molecule has 2 aromatic carbocycles. The van der Waals surface area contributed by atoms with Crippen LogP contribution in [0, 0.1) is 0 Å². The number of amides is 1. The number of nitrogens with one attached hydrogen (secondary N) is 1. The van der Waals surface area contributed by atoms with E-state index >= 15 is 0 Å². The van der Waals surface area contributed by atoms with Crippen LogP contribution in [0.5, 0.6) is 5.75 Å². The van der Waals surface area contributed by atoms with Gasteiger partial charge in [-0.2, -0.15) is 0 Å². The maximum atomic E-state index is 12.4. The van der Waals surface area contributed by atoms with Gasteiger partial charge in [-0.25, -0.2) is 0 Å². The van der Waals surface area contributed by atoms with Crippen molar-refractivity contribution in [2.24, 2.45) is 0 Å². The van der Waals surface area contributed by atoms with Crippen molar-refractivity contribution in [2.45, 2.75) is 19.8 Å². The molecule has 3 rings (SSSR count). The number of carbonyl (C=O) groups excluding carboxylic acids is 1. The van der Waals surface area contributed by atoms with Gasteiger partial charge in [-0.05, 0) is 55.0 Å². The highest BCUT2D eigenvalue weighted by Gasteiger charge is 2.11. The molecule has 138 valence electrons. The third-order valence-corrected chi connectivity index (χ3v) is 4.38. The average molecular weight is 354 g/mol. The lowest BCUT2D eigenvalue weighted by Gasteiger charge is -2.28. The minimum Gasteiger partial charge on any atom is -0.494 e. The summed E-state index contributed by atoms with van der Waals surface area (Å²) in [7, 11) is 0. The predicted octanol–water partition coefficient (Wildman–Crippen LogP) is 3.95. The van der Waals surface area contributed by atoms with Gasteiger partial charge in [0.05, 0.1) is 19.8 Å². The average Bonchev–Trinajstić information content (AvgIpc) is 2.70. The number of morpholine rings is 1. The van der Waals surface area contributed by atoms with Crippen LogP contribution in [0.2, 0.25) is 0 Å². The summed E-state index contributed by atoms with van der Waals surface area (Å²) in [4.78, 5) is 14.7. The summed E-state index contributed by atoms with van der Waals surface area (Å²) in [6, 6.07) is 15.2. The Balaban J connectivity index is 1.55. The highest BCUT2D eigenvalue weighted by molar-refractivity contribution is 6.04. The number of anilines is 2. The first-order valence-corrected chi connectivity index (χ1v) is 9.23. The number of unbranched alkanes of at least 4 members (excludes halogenated alkanes) is 1. The lowest BCUT2D eigenvalue weighted by atomic mass is 10.2. The Hall–Kier alpha value is -2.53. The van der Waals surface area contributed by atoms with Gasteiger partial charge in [0.2, 0.25) is 0 Å². The predicted molar refractivity (Wildman–Crippen MR) is 104 cm³/mol. The van der Waals surface area contributed by atoms with E-state index in [1.54, 1.807) is 12.1 Å². The van der Waals surface area contributed by atoms with Gasteiger partial charge in [0.1, 0.15) is 5.75 Å². The fourth-order valence-corrected chi connectivity index (χ4v) is 2.82. The molecular formula is C21H26N2O3. The van der Waals surface area contributed by atoms with Crippen molar-refractivity contribution in [2.75, 3.05) is 43.1 Å². The monoisotopic (exact) mass is 354 g/mol. The molecule has 1 fully saturated rings. The Morgan fingerprint density at radius 2 is 1.77 bits per heavy atom. The van der Waals surface area contributed by atoms with Crippen LogP contribution in [0.3, 0.4) is 0 Å². The van der Waals surface area contributed by atoms with E-state index in [0.29, 0.717) is 12.2 Å². The van der Waals surface area contributed by atoms with Crippen LogP contribution < -0.4 is 15.0 Å². The van der Waals surface area contributed by atoms with Crippen molar-refractivity contribution in [3.05, 3.63) is 54.1 Å². The molecule has 0 aromatic heterocycles. The fraction of sp³-hybridized carbons (Fsp3) is 0.381. The molecule has 0 atom stereocenters. The Bertz CT molecular complexity index is 692. The van der Waals surface area contributed by atoms with Crippen molar-refractivity contribution in [3.63, 3.8) is 0 Å². The van der Waals surface area contributed by atoms with E-state index in [1.165, 1.54) is 0 Å². The highest BCUT2D eigenvalue weighted by atomic mass is 16.5. The molecule has 5 nitrogen and oxygen atoms in total. The van der Waals surface area contributed by atoms with E-state index in [9.17, 15) is 4.79 Å². The number of rotatable bonds is 7. The molecule has 1 aliphatic rings. The van der Waals surface area contributed by atoms with Crippen LogP contribution in [0.15, 0.2) is 48.5 Å². The molecule has 1 saturated heterocycles. The molecular weight excluding hydrogens is 328 g/mol. The Kier molecular flexibility index (Phi) is 6.50. The fourth-order valence-electron chi connectivity index (χ4n) is 2.82. The second-order valence-corrected chi connectivity index (χ2v) is 6.33. The normalized spacial score (nSPS) is 14.1. The largest absolute Gasteiger partial charge is 0.494 e. The highest BCUT2D eigenvalue weighted by Crippen LogP contribution is 2.20. The van der Waals surface area contributed by atoms with Crippen LogP contribution in [0.4, 0.5) is 11.4 Å². The summed E-state index contributed by atoms with van der Waals surface area (Å²) < 4.78 is 11.0. The van der Waals surface area contributed by atoms with E-state index in [-0.39, 0.29) is 5.91 Å². The summed E-state index contributed by atoms with van der Waals surface area (Å²) in [5.41, 5.74) is 2.56. The van der Waals surface area contributed by atoms with Gasteiger partial charge in [-0.3, -0.25) is 4.79 Å². The lowest BCUT2D eigenvalue weighted by Crippen LogP contribution is -2.36. The first-order valence-electron chi connectivity index (χ1n) is 9.23. The Labute approximate surface area is 154 Å². The van der Waals surface area contributed by atoms with Crippen molar-refractivity contribution in [3.8, 4) is 5.75 Å². The lowest BCUT2D eigenvalue weighted by molar-refractivity contribution is 0.102. The third-order valence-electron chi connectivity index (χ3n) is 4.38. The molecule has 0 bridgehead atoms. The Morgan fingerprint density at radius 3 is 2.42 bits per heavy atom. The van der Waals surface area contributed by atoms with Gasteiger partial charge in [0.15, 0.2) is 0 Å². The van der Waals surface area contributed by atoms with Crippen LogP contribution in [-0.4, -0.2) is 38.8 Å². The van der Waals surface area contributed by atoms with Gasteiger partial charge >= 0.3 is 0 Å². The summed E-state index contributed by atoms with van der Waals surface area (Å²) in [5, 5.41) is 2.94. The second-order valence-electron chi connectivity index (χ2n) is 6.33. The first kappa shape index (κ1) is 18.3. The van der Waals surface area contributed by atoms with E-state index in [4.69, 9.17) is 9.47 Å². The third kappa shape index (κ3) is 4.99. The number of benzene rings is 2. The summed E-state index contributed by atoms with van der Waals surface area (Å²) in [5.74, 6) is 0.675. The molecule has 0 unspecified atom stereocenters. The molecule has 26 heavy (non-hydrogen) atoms. The molecule has 1 amide bonds. The van der Waals surface area contributed by atoms with Gasteiger partial charge in [0, 0.05) is 30.0 Å². The first-order chi connectivity index (χ1) is 12.8. The number of hydrogen-bond donors (Lipinski definition) is 1. The molecule has 2 aromatic rings. The summed E-state index contributed by atoms with van der Waals surface area (Å²) >= 11 is 0. The maximum Gasteiger partial charge on any atom is 0.255 e. The van der Waals surface area contributed by atoms with Crippen molar-refractivity contribution >= 4 is 17.3 Å². The molecule has 0 aliphatic carbocycles. The molecule has 5 heteroatoms. The van der Waals surface area contributed by atoms with E-state index in [0.717, 1.165) is 56.3 Å². The minimum atomic E-state index is -0.121. The van der Waals surface area contributed by atoms with Crippen molar-refractivity contribution < 1.29 is 14.3 Å². The summed E-state index contributed by atoms with van der Waals surface area (Å²) in [6.45, 7) is 6.16. The van der Waals surface area contributed by atoms with Gasteiger partial charge in [0.25, 0.3) is 5.91 Å². The van der Waals surface area contributed by atoms with Crippen LogP contribution in [-0.2, 0) is 4.74 Å². The van der Waals surface area contributed by atoms with Crippen molar-refractivity contribution in [1.82, 2.24) is 0 Å². The zero-order valence-electron chi connectivity index (χ0n) is 15.2. The maximum absolute atomic E-state index is 12.4. The topological polar surface area (TPSA) is 50.8 Å². The van der Waals surface area contributed by atoms with E-state index in [1.807, 2.05) is 36.4 Å². The van der Waals surface area contributed by atoms with Gasteiger partial charge in [-0.1, -0.05) is 13.3 Å². The second kappa shape index (κ2) is 9.25. The standard InChI is InChI=1S/C21H26N2O3/c1-2-3-14-26-20-10-4-17(5-11-20)21(24)22-18-6-8-19(9-7-18)23-12-15-25-16-13-23/h4-11H,2-3,12-16H2,1H3,(H,22,24). The number of nitrogens with zero attached hydrogens (tertiary/aromatic N) is 1. The van der Waals surface area contributed by atoms with E-state index < -0.39 is 0 Å². The molecule has 0 saturated carbocycles. The smallest absolute Gasteiger partial charge is 0.255 e. The number of ether oxygens (including phenoxy) is 2. The molecule has 1 heterocycles. The number of carbonyl (C=O) groups is 1. The van der Waals surface area contributed by atoms with Crippen LogP contribution >= 0.6 is 0 Å². The molecule has 1 N–H and O–H groups in total. The number of hydrogen-bond acceptors (Lipinski definition) is 4. The molecule has 1 aliphatic heterocycles.